The highest BCUT2D eigenvalue weighted by Crippen LogP contribution is 2.24. The molecular weight excluding hydrogens is 267 g/mol. The summed E-state index contributed by atoms with van der Waals surface area (Å²) in [4.78, 5) is 5.56. The Labute approximate surface area is 118 Å². The molecule has 1 atom stereocenters. The quantitative estimate of drug-likeness (QED) is 0.868. The SMILES string of the molecule is CCNC(C)c1ccc(N(CC(F)(F)F)C(C)C)cn1. The molecule has 20 heavy (non-hydrogen) atoms. The minimum absolute atomic E-state index is 0.0872. The Balaban J connectivity index is 2.88. The first-order valence-electron chi connectivity index (χ1n) is 6.77. The minimum Gasteiger partial charge on any atom is -0.359 e. The van der Waals surface area contributed by atoms with Crippen LogP contribution in [0, 0.1) is 0 Å². The summed E-state index contributed by atoms with van der Waals surface area (Å²) in [5.41, 5.74) is 1.32. The second-order valence-corrected chi connectivity index (χ2v) is 5.06. The number of rotatable bonds is 6. The fraction of sp³-hybridized carbons (Fsp3) is 0.643. The summed E-state index contributed by atoms with van der Waals surface area (Å²) in [6.45, 7) is 7.29. The predicted molar refractivity (Wildman–Crippen MR) is 74.9 cm³/mol. The van der Waals surface area contributed by atoms with Crippen LogP contribution in [0.4, 0.5) is 18.9 Å². The van der Waals surface area contributed by atoms with E-state index in [1.54, 1.807) is 26.0 Å². The van der Waals surface area contributed by atoms with Gasteiger partial charge in [-0.2, -0.15) is 13.2 Å². The average Bonchev–Trinajstić information content (AvgIpc) is 2.35. The Morgan fingerprint density at radius 1 is 1.25 bits per heavy atom. The summed E-state index contributed by atoms with van der Waals surface area (Å²) in [7, 11) is 0. The van der Waals surface area contributed by atoms with Crippen LogP contribution < -0.4 is 10.2 Å². The number of nitrogens with one attached hydrogen (secondary N) is 1. The van der Waals surface area contributed by atoms with Crippen molar-refractivity contribution in [2.75, 3.05) is 18.0 Å². The van der Waals surface area contributed by atoms with Crippen molar-refractivity contribution in [3.63, 3.8) is 0 Å². The zero-order valence-corrected chi connectivity index (χ0v) is 12.3. The minimum atomic E-state index is -4.22. The van der Waals surface area contributed by atoms with Crippen LogP contribution >= 0.6 is 0 Å². The summed E-state index contributed by atoms with van der Waals surface area (Å²) >= 11 is 0. The molecular formula is C14H22F3N3. The molecule has 1 aromatic rings. The van der Waals surface area contributed by atoms with Gasteiger partial charge in [-0.15, -0.1) is 0 Å². The van der Waals surface area contributed by atoms with E-state index in [1.807, 2.05) is 13.8 Å². The Kier molecular flexibility index (Phi) is 5.80. The van der Waals surface area contributed by atoms with E-state index in [1.165, 1.54) is 11.1 Å². The maximum atomic E-state index is 12.6. The predicted octanol–water partition coefficient (Wildman–Crippen LogP) is 3.53. The first-order valence-corrected chi connectivity index (χ1v) is 6.77. The van der Waals surface area contributed by atoms with E-state index < -0.39 is 12.7 Å². The van der Waals surface area contributed by atoms with Gasteiger partial charge in [-0.1, -0.05) is 6.92 Å². The van der Waals surface area contributed by atoms with E-state index in [2.05, 4.69) is 10.3 Å². The number of hydrogen-bond acceptors (Lipinski definition) is 3. The summed E-state index contributed by atoms with van der Waals surface area (Å²) in [6.07, 6.45) is -2.71. The van der Waals surface area contributed by atoms with Gasteiger partial charge in [0.2, 0.25) is 0 Å². The van der Waals surface area contributed by atoms with Crippen LogP contribution in [-0.2, 0) is 0 Å². The molecule has 0 aliphatic heterocycles. The molecule has 1 N–H and O–H groups in total. The Morgan fingerprint density at radius 3 is 2.30 bits per heavy atom. The Hall–Kier alpha value is -1.30. The number of halogens is 3. The van der Waals surface area contributed by atoms with Crippen molar-refractivity contribution >= 4 is 5.69 Å². The topological polar surface area (TPSA) is 28.2 Å². The normalized spacial score (nSPS) is 13.6. The molecule has 1 unspecified atom stereocenters. The van der Waals surface area contributed by atoms with Crippen LogP contribution in [0.3, 0.4) is 0 Å². The molecule has 0 bridgehead atoms. The largest absolute Gasteiger partial charge is 0.405 e. The fourth-order valence-electron chi connectivity index (χ4n) is 2.00. The number of pyridine rings is 1. The molecule has 1 aromatic heterocycles. The standard InChI is InChI=1S/C14H22F3N3/c1-5-18-11(4)13-7-6-12(8-19-13)20(10(2)3)9-14(15,16)17/h6-8,10-11,18H,5,9H2,1-4H3. The number of alkyl halides is 3. The van der Waals surface area contributed by atoms with Crippen LogP contribution in [-0.4, -0.2) is 30.3 Å². The maximum absolute atomic E-state index is 12.6. The molecule has 0 aliphatic rings. The highest BCUT2D eigenvalue weighted by molar-refractivity contribution is 5.46. The van der Waals surface area contributed by atoms with E-state index >= 15 is 0 Å². The second kappa shape index (κ2) is 6.92. The summed E-state index contributed by atoms with van der Waals surface area (Å²) < 4.78 is 37.8. The van der Waals surface area contributed by atoms with Gasteiger partial charge in [0.1, 0.15) is 6.54 Å². The average molecular weight is 289 g/mol. The van der Waals surface area contributed by atoms with Gasteiger partial charge in [-0.3, -0.25) is 4.98 Å². The molecule has 0 aliphatic carbocycles. The van der Waals surface area contributed by atoms with E-state index in [9.17, 15) is 13.2 Å². The lowest BCUT2D eigenvalue weighted by Crippen LogP contribution is -2.39. The Bertz CT molecular complexity index is 401. The smallest absolute Gasteiger partial charge is 0.359 e. The zero-order chi connectivity index (χ0) is 15.3. The summed E-state index contributed by atoms with van der Waals surface area (Å²) in [6, 6.07) is 3.32. The number of hydrogen-bond donors (Lipinski definition) is 1. The molecule has 114 valence electrons. The van der Waals surface area contributed by atoms with E-state index in [4.69, 9.17) is 0 Å². The van der Waals surface area contributed by atoms with Gasteiger partial charge in [0.25, 0.3) is 0 Å². The van der Waals surface area contributed by atoms with Crippen molar-refractivity contribution in [3.05, 3.63) is 24.0 Å². The molecule has 0 radical (unpaired) electrons. The third kappa shape index (κ3) is 5.00. The van der Waals surface area contributed by atoms with Crippen molar-refractivity contribution in [1.82, 2.24) is 10.3 Å². The van der Waals surface area contributed by atoms with Crippen LogP contribution in [0.1, 0.15) is 39.4 Å². The van der Waals surface area contributed by atoms with Gasteiger partial charge in [0.15, 0.2) is 0 Å². The van der Waals surface area contributed by atoms with E-state index in [-0.39, 0.29) is 12.1 Å². The highest BCUT2D eigenvalue weighted by Gasteiger charge is 2.32. The lowest BCUT2D eigenvalue weighted by Gasteiger charge is -2.29. The molecule has 3 nitrogen and oxygen atoms in total. The van der Waals surface area contributed by atoms with Gasteiger partial charge in [0.05, 0.1) is 17.6 Å². The van der Waals surface area contributed by atoms with E-state index in [0.717, 1.165) is 12.2 Å². The van der Waals surface area contributed by atoms with Crippen LogP contribution in [0.25, 0.3) is 0 Å². The number of anilines is 1. The molecule has 0 saturated carbocycles. The summed E-state index contributed by atoms with van der Waals surface area (Å²) in [5.74, 6) is 0. The zero-order valence-electron chi connectivity index (χ0n) is 12.3. The van der Waals surface area contributed by atoms with Crippen molar-refractivity contribution in [3.8, 4) is 0 Å². The molecule has 0 spiro atoms. The summed E-state index contributed by atoms with van der Waals surface area (Å²) in [5, 5.41) is 3.22. The lowest BCUT2D eigenvalue weighted by atomic mass is 10.2. The van der Waals surface area contributed by atoms with Crippen molar-refractivity contribution in [2.45, 2.75) is 46.0 Å². The lowest BCUT2D eigenvalue weighted by molar-refractivity contribution is -0.120. The number of nitrogens with zero attached hydrogens (tertiary/aromatic N) is 2. The first kappa shape index (κ1) is 16.8. The second-order valence-electron chi connectivity index (χ2n) is 5.06. The first-order chi connectivity index (χ1) is 9.24. The van der Waals surface area contributed by atoms with Crippen molar-refractivity contribution in [1.29, 1.82) is 0 Å². The van der Waals surface area contributed by atoms with Crippen LogP contribution in [0.5, 0.6) is 0 Å². The third-order valence-electron chi connectivity index (χ3n) is 3.03. The van der Waals surface area contributed by atoms with Crippen molar-refractivity contribution < 1.29 is 13.2 Å². The molecule has 0 aromatic carbocycles. The van der Waals surface area contributed by atoms with Crippen LogP contribution in [0.2, 0.25) is 0 Å². The molecule has 0 fully saturated rings. The molecule has 6 heteroatoms. The maximum Gasteiger partial charge on any atom is 0.405 e. The van der Waals surface area contributed by atoms with Crippen molar-refractivity contribution in [2.24, 2.45) is 0 Å². The van der Waals surface area contributed by atoms with Crippen LogP contribution in [0.15, 0.2) is 18.3 Å². The molecule has 0 saturated heterocycles. The number of aromatic nitrogens is 1. The van der Waals surface area contributed by atoms with Gasteiger partial charge in [-0.25, -0.2) is 0 Å². The van der Waals surface area contributed by atoms with Gasteiger partial charge < -0.3 is 10.2 Å². The highest BCUT2D eigenvalue weighted by atomic mass is 19.4. The fourth-order valence-corrected chi connectivity index (χ4v) is 2.00. The van der Waals surface area contributed by atoms with Gasteiger partial charge in [0, 0.05) is 12.1 Å². The van der Waals surface area contributed by atoms with Gasteiger partial charge >= 0.3 is 6.18 Å². The third-order valence-corrected chi connectivity index (χ3v) is 3.03. The monoisotopic (exact) mass is 289 g/mol. The molecule has 1 heterocycles. The van der Waals surface area contributed by atoms with Gasteiger partial charge in [-0.05, 0) is 39.4 Å². The van der Waals surface area contributed by atoms with E-state index in [0.29, 0.717) is 5.69 Å². The molecule has 0 amide bonds. The Morgan fingerprint density at radius 2 is 1.90 bits per heavy atom. The molecule has 1 rings (SSSR count).